The number of nitrogens with two attached hydrogens (primary N) is 1. The highest BCUT2D eigenvalue weighted by Crippen LogP contribution is 2.26. The molecular weight excluding hydrogens is 268 g/mol. The average Bonchev–Trinajstić information content (AvgIpc) is 2.29. The number of thioether (sulfide) groups is 1. The Morgan fingerprint density at radius 1 is 1.44 bits per heavy atom. The quantitative estimate of drug-likeness (QED) is 0.785. The maximum Gasteiger partial charge on any atom is 0.177 e. The smallest absolute Gasteiger partial charge is 0.177 e. The van der Waals surface area contributed by atoms with Gasteiger partial charge >= 0.3 is 0 Å². The number of sulfone groups is 1. The van der Waals surface area contributed by atoms with Crippen LogP contribution in [0.15, 0.2) is 23.1 Å². The average molecular weight is 288 g/mol. The first-order valence-electron chi connectivity index (χ1n) is 5.71. The molecule has 0 fully saturated rings. The van der Waals surface area contributed by atoms with Crippen LogP contribution in [0.3, 0.4) is 0 Å². The molecule has 1 unspecified atom stereocenters. The molecule has 0 aliphatic heterocycles. The van der Waals surface area contributed by atoms with Crippen LogP contribution in [-0.4, -0.2) is 32.7 Å². The molecule has 0 saturated heterocycles. The highest BCUT2D eigenvalue weighted by molar-refractivity contribution is 7.99. The highest BCUT2D eigenvalue weighted by Gasteiger charge is 2.13. The molecule has 0 amide bonds. The largest absolute Gasteiger partial charge is 0.396 e. The lowest BCUT2D eigenvalue weighted by atomic mass is 10.2. The van der Waals surface area contributed by atoms with Crippen molar-refractivity contribution in [1.82, 2.24) is 0 Å². The minimum Gasteiger partial charge on any atom is -0.396 e. The molecule has 1 rings (SSSR count). The summed E-state index contributed by atoms with van der Waals surface area (Å²) in [6, 6.07) is 5.03. The van der Waals surface area contributed by atoms with Crippen molar-refractivity contribution < 1.29 is 8.42 Å². The number of para-hydroxylation sites is 1. The predicted octanol–water partition coefficient (Wildman–Crippen LogP) is 2.23. The molecule has 6 heteroatoms. The zero-order chi connectivity index (χ0) is 13.8. The second-order valence-electron chi connectivity index (χ2n) is 4.25. The normalized spacial score (nSPS) is 13.3. The summed E-state index contributed by atoms with van der Waals surface area (Å²) in [6.07, 6.45) is 4.24. The summed E-state index contributed by atoms with van der Waals surface area (Å²) >= 11 is 1.80. The second-order valence-corrected chi connectivity index (χ2v) is 7.51. The van der Waals surface area contributed by atoms with Crippen LogP contribution in [0.5, 0.6) is 0 Å². The molecule has 0 aliphatic carbocycles. The maximum atomic E-state index is 11.5. The van der Waals surface area contributed by atoms with Crippen molar-refractivity contribution in [3.63, 3.8) is 0 Å². The first-order valence-corrected chi connectivity index (χ1v) is 8.89. The van der Waals surface area contributed by atoms with Gasteiger partial charge in [0.05, 0.1) is 16.3 Å². The number of hydrogen-bond acceptors (Lipinski definition) is 5. The van der Waals surface area contributed by atoms with Gasteiger partial charge in [-0.1, -0.05) is 13.0 Å². The summed E-state index contributed by atoms with van der Waals surface area (Å²) in [7, 11) is -3.27. The van der Waals surface area contributed by atoms with Gasteiger partial charge in [0.2, 0.25) is 0 Å². The molecule has 0 saturated carbocycles. The monoisotopic (exact) mass is 288 g/mol. The summed E-state index contributed by atoms with van der Waals surface area (Å²) in [5.74, 6) is 0. The second kappa shape index (κ2) is 6.33. The van der Waals surface area contributed by atoms with Crippen molar-refractivity contribution in [2.45, 2.75) is 23.5 Å². The molecule has 4 nitrogen and oxygen atoms in total. The van der Waals surface area contributed by atoms with E-state index in [-0.39, 0.29) is 4.90 Å². The third-order valence-electron chi connectivity index (χ3n) is 2.73. The molecule has 0 aliphatic rings. The standard InChI is InChI=1S/C12H20N2O2S2/c1-9(17-2)7-8-14-10-5-4-6-11(12(10)13)18(3,15)16/h4-6,9,14H,7-8,13H2,1-3H3. The van der Waals surface area contributed by atoms with Crippen LogP contribution in [0.25, 0.3) is 0 Å². The highest BCUT2D eigenvalue weighted by atomic mass is 32.2. The minimum atomic E-state index is -3.27. The zero-order valence-electron chi connectivity index (χ0n) is 10.9. The van der Waals surface area contributed by atoms with E-state index in [9.17, 15) is 8.42 Å². The topological polar surface area (TPSA) is 72.2 Å². The number of hydrogen-bond donors (Lipinski definition) is 2. The Morgan fingerprint density at radius 3 is 2.67 bits per heavy atom. The molecule has 3 N–H and O–H groups in total. The first-order chi connectivity index (χ1) is 8.36. The van der Waals surface area contributed by atoms with Crippen LogP contribution in [0, 0.1) is 0 Å². The lowest BCUT2D eigenvalue weighted by Gasteiger charge is -2.13. The fourth-order valence-corrected chi connectivity index (χ4v) is 2.74. The lowest BCUT2D eigenvalue weighted by molar-refractivity contribution is 0.602. The van der Waals surface area contributed by atoms with Crippen LogP contribution in [-0.2, 0) is 9.84 Å². The molecule has 1 atom stereocenters. The Kier molecular flexibility index (Phi) is 5.34. The molecule has 0 bridgehead atoms. The molecule has 0 radical (unpaired) electrons. The fraction of sp³-hybridized carbons (Fsp3) is 0.500. The maximum absolute atomic E-state index is 11.5. The van der Waals surface area contributed by atoms with E-state index in [0.717, 1.165) is 19.2 Å². The van der Waals surface area contributed by atoms with E-state index >= 15 is 0 Å². The number of anilines is 2. The number of nitrogen functional groups attached to an aromatic ring is 1. The van der Waals surface area contributed by atoms with Gasteiger partial charge in [-0.2, -0.15) is 11.8 Å². The van der Waals surface area contributed by atoms with Gasteiger partial charge in [-0.25, -0.2) is 8.42 Å². The Balaban J connectivity index is 2.79. The van der Waals surface area contributed by atoms with Crippen molar-refractivity contribution >= 4 is 33.0 Å². The first kappa shape index (κ1) is 15.2. The van der Waals surface area contributed by atoms with E-state index in [2.05, 4.69) is 18.5 Å². The van der Waals surface area contributed by atoms with Gasteiger partial charge in [0.25, 0.3) is 0 Å². The third kappa shape index (κ3) is 4.10. The number of benzene rings is 1. The van der Waals surface area contributed by atoms with Crippen molar-refractivity contribution in [2.24, 2.45) is 0 Å². The molecule has 18 heavy (non-hydrogen) atoms. The molecular formula is C12H20N2O2S2. The van der Waals surface area contributed by atoms with E-state index in [4.69, 9.17) is 5.73 Å². The van der Waals surface area contributed by atoms with Gasteiger partial charge in [0.15, 0.2) is 9.84 Å². The summed E-state index contributed by atoms with van der Waals surface area (Å²) in [4.78, 5) is 0.186. The van der Waals surface area contributed by atoms with E-state index in [1.165, 1.54) is 6.07 Å². The van der Waals surface area contributed by atoms with Crippen molar-refractivity contribution in [3.05, 3.63) is 18.2 Å². The van der Waals surface area contributed by atoms with E-state index < -0.39 is 9.84 Å². The van der Waals surface area contributed by atoms with E-state index in [0.29, 0.717) is 16.6 Å². The van der Waals surface area contributed by atoms with Gasteiger partial charge in [0, 0.05) is 18.1 Å². The summed E-state index contributed by atoms with van der Waals surface area (Å²) < 4.78 is 23.0. The molecule has 0 aromatic heterocycles. The van der Waals surface area contributed by atoms with Gasteiger partial charge < -0.3 is 11.1 Å². The Labute approximate surface area is 113 Å². The summed E-state index contributed by atoms with van der Waals surface area (Å²) in [5, 5.41) is 3.75. The lowest BCUT2D eigenvalue weighted by Crippen LogP contribution is -2.11. The van der Waals surface area contributed by atoms with Crippen molar-refractivity contribution in [3.8, 4) is 0 Å². The minimum absolute atomic E-state index is 0.186. The Hall–Kier alpha value is -0.880. The summed E-state index contributed by atoms with van der Waals surface area (Å²) in [5.41, 5.74) is 6.86. The van der Waals surface area contributed by atoms with Crippen LogP contribution in [0.1, 0.15) is 13.3 Å². The number of rotatable bonds is 6. The predicted molar refractivity (Wildman–Crippen MR) is 80.0 cm³/mol. The van der Waals surface area contributed by atoms with Crippen LogP contribution in [0.2, 0.25) is 0 Å². The van der Waals surface area contributed by atoms with Crippen molar-refractivity contribution in [2.75, 3.05) is 30.1 Å². The Morgan fingerprint density at radius 2 is 2.11 bits per heavy atom. The SMILES string of the molecule is CSC(C)CCNc1cccc(S(C)(=O)=O)c1N. The van der Waals surface area contributed by atoms with Crippen LogP contribution < -0.4 is 11.1 Å². The molecule has 102 valence electrons. The van der Waals surface area contributed by atoms with Crippen LogP contribution >= 0.6 is 11.8 Å². The third-order valence-corrected chi connectivity index (χ3v) is 4.93. The molecule has 0 spiro atoms. The van der Waals surface area contributed by atoms with Crippen molar-refractivity contribution in [1.29, 1.82) is 0 Å². The zero-order valence-corrected chi connectivity index (χ0v) is 12.6. The van der Waals surface area contributed by atoms with Crippen LogP contribution in [0.4, 0.5) is 11.4 Å². The molecule has 1 aromatic rings. The van der Waals surface area contributed by atoms with Gasteiger partial charge in [-0.15, -0.1) is 0 Å². The van der Waals surface area contributed by atoms with Gasteiger partial charge in [-0.05, 0) is 24.8 Å². The number of nitrogens with one attached hydrogen (secondary N) is 1. The fourth-order valence-electron chi connectivity index (χ4n) is 1.55. The molecule has 0 heterocycles. The van der Waals surface area contributed by atoms with E-state index in [1.54, 1.807) is 23.9 Å². The summed E-state index contributed by atoms with van der Waals surface area (Å²) in [6.45, 7) is 2.93. The van der Waals surface area contributed by atoms with E-state index in [1.807, 2.05) is 0 Å². The molecule has 1 aromatic carbocycles. The van der Waals surface area contributed by atoms with Gasteiger partial charge in [-0.3, -0.25) is 0 Å². The Bertz CT molecular complexity index is 501. The van der Waals surface area contributed by atoms with Gasteiger partial charge in [0.1, 0.15) is 0 Å².